The number of carbonyl (C=O) groups is 1. The first-order valence-corrected chi connectivity index (χ1v) is 7.18. The number of carbonyl (C=O) groups excluding carboxylic acids is 1. The molecule has 0 saturated heterocycles. The summed E-state index contributed by atoms with van der Waals surface area (Å²) < 4.78 is 7.47. The summed E-state index contributed by atoms with van der Waals surface area (Å²) in [4.78, 5) is 15.7. The Labute approximate surface area is 128 Å². The van der Waals surface area contributed by atoms with Gasteiger partial charge in [0.2, 0.25) is 0 Å². The number of ether oxygens (including phenoxy) is 1. The first-order chi connectivity index (χ1) is 9.06. The van der Waals surface area contributed by atoms with Crippen LogP contribution in [0.5, 0.6) is 5.75 Å². The Kier molecular flexibility index (Phi) is 4.71. The first kappa shape index (κ1) is 14.2. The highest BCUT2D eigenvalue weighted by atomic mass is 79.9. The maximum absolute atomic E-state index is 11.5. The van der Waals surface area contributed by atoms with Crippen molar-refractivity contribution in [2.24, 2.45) is 0 Å². The number of benzene rings is 1. The van der Waals surface area contributed by atoms with Crippen LogP contribution in [-0.4, -0.2) is 10.8 Å². The molecular weight excluding hydrogens is 374 g/mol. The minimum absolute atomic E-state index is 0.0220. The van der Waals surface area contributed by atoms with Crippen LogP contribution in [0.2, 0.25) is 0 Å². The zero-order valence-electron chi connectivity index (χ0n) is 10.2. The van der Waals surface area contributed by atoms with E-state index in [1.54, 1.807) is 18.3 Å². The molecule has 19 heavy (non-hydrogen) atoms. The summed E-state index contributed by atoms with van der Waals surface area (Å²) in [5.74, 6) is 0.540. The predicted molar refractivity (Wildman–Crippen MR) is 80.4 cm³/mol. The third kappa shape index (κ3) is 3.88. The van der Waals surface area contributed by atoms with Crippen LogP contribution in [0.3, 0.4) is 0 Å². The van der Waals surface area contributed by atoms with E-state index in [1.165, 1.54) is 6.92 Å². The van der Waals surface area contributed by atoms with E-state index in [1.807, 2.05) is 18.2 Å². The van der Waals surface area contributed by atoms with Crippen molar-refractivity contribution in [3.05, 3.63) is 56.7 Å². The molecule has 0 aliphatic rings. The molecule has 2 aromatic rings. The first-order valence-electron chi connectivity index (χ1n) is 5.60. The number of ketones is 1. The highest BCUT2D eigenvalue weighted by molar-refractivity contribution is 9.10. The number of halogens is 2. The Morgan fingerprint density at radius 3 is 2.58 bits per heavy atom. The molecule has 0 unspecified atom stereocenters. The summed E-state index contributed by atoms with van der Waals surface area (Å²) >= 11 is 6.70. The fourth-order valence-electron chi connectivity index (χ4n) is 1.55. The standard InChI is InChI=1S/C14H11Br2NO2/c1-9(18)13-5-3-10(15)6-14(13)19-8-12-4-2-11(16)7-17-12/h2-7H,8H2,1H3. The van der Waals surface area contributed by atoms with Gasteiger partial charge in [-0.05, 0) is 53.2 Å². The molecule has 0 saturated carbocycles. The highest BCUT2D eigenvalue weighted by Gasteiger charge is 2.09. The molecule has 0 amide bonds. The van der Waals surface area contributed by atoms with E-state index in [9.17, 15) is 4.79 Å². The number of rotatable bonds is 4. The Hall–Kier alpha value is -1.20. The van der Waals surface area contributed by atoms with Gasteiger partial charge in [-0.3, -0.25) is 9.78 Å². The van der Waals surface area contributed by atoms with Gasteiger partial charge in [-0.1, -0.05) is 15.9 Å². The average Bonchev–Trinajstić information content (AvgIpc) is 2.38. The predicted octanol–water partition coefficient (Wildman–Crippen LogP) is 4.39. The van der Waals surface area contributed by atoms with E-state index in [2.05, 4.69) is 36.8 Å². The smallest absolute Gasteiger partial charge is 0.163 e. The second kappa shape index (κ2) is 6.30. The quantitative estimate of drug-likeness (QED) is 0.734. The van der Waals surface area contributed by atoms with Crippen LogP contribution in [0.25, 0.3) is 0 Å². The van der Waals surface area contributed by atoms with Crippen molar-refractivity contribution in [2.75, 3.05) is 0 Å². The van der Waals surface area contributed by atoms with Crippen molar-refractivity contribution in [1.29, 1.82) is 0 Å². The summed E-state index contributed by atoms with van der Waals surface area (Å²) in [6.45, 7) is 1.85. The maximum atomic E-state index is 11.5. The summed E-state index contributed by atoms with van der Waals surface area (Å²) in [5, 5.41) is 0. The van der Waals surface area contributed by atoms with Gasteiger partial charge in [0, 0.05) is 15.1 Å². The van der Waals surface area contributed by atoms with Crippen LogP contribution in [0, 0.1) is 0 Å². The van der Waals surface area contributed by atoms with Gasteiger partial charge in [0.1, 0.15) is 12.4 Å². The number of aromatic nitrogens is 1. The molecule has 2 rings (SSSR count). The maximum Gasteiger partial charge on any atom is 0.163 e. The number of hydrogen-bond acceptors (Lipinski definition) is 3. The fraction of sp³-hybridized carbons (Fsp3) is 0.143. The summed E-state index contributed by atoms with van der Waals surface area (Å²) in [6, 6.07) is 9.13. The van der Waals surface area contributed by atoms with E-state index < -0.39 is 0 Å². The molecule has 98 valence electrons. The number of hydrogen-bond donors (Lipinski definition) is 0. The molecule has 0 aliphatic carbocycles. The lowest BCUT2D eigenvalue weighted by Gasteiger charge is -2.10. The second-order valence-corrected chi connectivity index (χ2v) is 5.78. The number of Topliss-reactive ketones (excluding diaryl/α,β-unsaturated/α-hetero) is 1. The fourth-order valence-corrected chi connectivity index (χ4v) is 2.12. The molecule has 5 heteroatoms. The van der Waals surface area contributed by atoms with Crippen molar-refractivity contribution in [3.63, 3.8) is 0 Å². The molecule has 1 aromatic carbocycles. The van der Waals surface area contributed by atoms with E-state index in [4.69, 9.17) is 4.74 Å². The second-order valence-electron chi connectivity index (χ2n) is 3.95. The van der Waals surface area contributed by atoms with Crippen molar-refractivity contribution < 1.29 is 9.53 Å². The van der Waals surface area contributed by atoms with E-state index in [-0.39, 0.29) is 5.78 Å². The third-order valence-corrected chi connectivity index (χ3v) is 3.45. The van der Waals surface area contributed by atoms with E-state index in [0.717, 1.165) is 14.6 Å². The van der Waals surface area contributed by atoms with Crippen LogP contribution in [-0.2, 0) is 6.61 Å². The number of pyridine rings is 1. The van der Waals surface area contributed by atoms with E-state index >= 15 is 0 Å². The van der Waals surface area contributed by atoms with Gasteiger partial charge in [-0.25, -0.2) is 0 Å². The zero-order valence-corrected chi connectivity index (χ0v) is 13.4. The normalized spacial score (nSPS) is 10.3. The van der Waals surface area contributed by atoms with Gasteiger partial charge in [0.05, 0.1) is 11.3 Å². The lowest BCUT2D eigenvalue weighted by molar-refractivity contribution is 0.101. The van der Waals surface area contributed by atoms with Crippen molar-refractivity contribution in [1.82, 2.24) is 4.98 Å². The van der Waals surface area contributed by atoms with Crippen molar-refractivity contribution >= 4 is 37.6 Å². The van der Waals surface area contributed by atoms with Crippen molar-refractivity contribution in [2.45, 2.75) is 13.5 Å². The Balaban J connectivity index is 2.16. The molecule has 1 heterocycles. The molecular formula is C14H11Br2NO2. The Morgan fingerprint density at radius 1 is 1.21 bits per heavy atom. The van der Waals surface area contributed by atoms with Crippen LogP contribution in [0.15, 0.2) is 45.5 Å². The zero-order chi connectivity index (χ0) is 13.8. The van der Waals surface area contributed by atoms with E-state index in [0.29, 0.717) is 17.9 Å². The highest BCUT2D eigenvalue weighted by Crippen LogP contribution is 2.25. The molecule has 0 fully saturated rings. The monoisotopic (exact) mass is 383 g/mol. The third-order valence-electron chi connectivity index (χ3n) is 2.49. The average molecular weight is 385 g/mol. The number of nitrogens with zero attached hydrogens (tertiary/aromatic N) is 1. The van der Waals surface area contributed by atoms with Gasteiger partial charge in [-0.2, -0.15) is 0 Å². The van der Waals surface area contributed by atoms with Gasteiger partial charge >= 0.3 is 0 Å². The summed E-state index contributed by atoms with van der Waals surface area (Å²) in [5.41, 5.74) is 1.37. The molecule has 0 bridgehead atoms. The largest absolute Gasteiger partial charge is 0.486 e. The molecule has 0 radical (unpaired) electrons. The summed E-state index contributed by atoms with van der Waals surface area (Å²) in [7, 11) is 0. The Bertz CT molecular complexity index is 597. The Morgan fingerprint density at radius 2 is 1.95 bits per heavy atom. The topological polar surface area (TPSA) is 39.2 Å². The lowest BCUT2D eigenvalue weighted by Crippen LogP contribution is -2.02. The minimum atomic E-state index is -0.0220. The van der Waals surface area contributed by atoms with Gasteiger partial charge in [0.25, 0.3) is 0 Å². The molecule has 0 spiro atoms. The molecule has 0 N–H and O–H groups in total. The molecule has 0 atom stereocenters. The van der Waals surface area contributed by atoms with Gasteiger partial charge < -0.3 is 4.74 Å². The molecule has 0 aliphatic heterocycles. The van der Waals surface area contributed by atoms with Crippen LogP contribution in [0.4, 0.5) is 0 Å². The molecule has 1 aromatic heterocycles. The molecule has 3 nitrogen and oxygen atoms in total. The van der Waals surface area contributed by atoms with Gasteiger partial charge in [0.15, 0.2) is 5.78 Å². The van der Waals surface area contributed by atoms with Gasteiger partial charge in [-0.15, -0.1) is 0 Å². The van der Waals surface area contributed by atoms with Crippen LogP contribution < -0.4 is 4.74 Å². The van der Waals surface area contributed by atoms with Crippen molar-refractivity contribution in [3.8, 4) is 5.75 Å². The SMILES string of the molecule is CC(=O)c1ccc(Br)cc1OCc1ccc(Br)cn1. The summed E-state index contributed by atoms with van der Waals surface area (Å²) in [6.07, 6.45) is 1.71. The van der Waals surface area contributed by atoms with Crippen LogP contribution >= 0.6 is 31.9 Å². The van der Waals surface area contributed by atoms with Crippen LogP contribution in [0.1, 0.15) is 23.0 Å². The lowest BCUT2D eigenvalue weighted by atomic mass is 10.1. The minimum Gasteiger partial charge on any atom is -0.486 e.